The van der Waals surface area contributed by atoms with E-state index in [0.717, 1.165) is 63.9 Å². The Morgan fingerprint density at radius 3 is 1.01 bits per heavy atom. The second-order valence-corrected chi connectivity index (χ2v) is 31.0. The zero-order chi connectivity index (χ0) is 71.9. The van der Waals surface area contributed by atoms with Crippen molar-refractivity contribution in [2.24, 2.45) is 5.73 Å². The maximum absolute atomic E-state index is 6.33. The molecule has 101 heavy (non-hydrogen) atoms. The van der Waals surface area contributed by atoms with E-state index < -0.39 is 0 Å². The van der Waals surface area contributed by atoms with Gasteiger partial charge in [-0.25, -0.2) is 0 Å². The molecular formula is C81H96Cl4MgN12S3. The molecule has 0 fully saturated rings. The Balaban J connectivity index is 0.000000218. The zero-order valence-corrected chi connectivity index (χ0v) is 68.8. The number of anilines is 2. The summed E-state index contributed by atoms with van der Waals surface area (Å²) in [6.07, 6.45) is 2.00. The van der Waals surface area contributed by atoms with Crippen LogP contribution in [0.2, 0.25) is 15.5 Å². The SMILES string of the molecule is C[C@@H](N)c1ccc(-c2ccccc2CN(C)C)s1.C[CH-]C.Cc1cc2c(Cl)nnc(Cl)c2cc1C.Cc1cc2c(Cl)nnc(N[C@H](C)c3ccc(-c4ccccc4CN(C)C)s3)c2cc1C.Cc1cc2c(N[C@H](C)c3ccc(-c4ccccc4CN(C)C)s3)nnc(C(C)C)c2cc1C.[Cl-].[Mg+2]. The third kappa shape index (κ3) is 22.2. The molecule has 0 spiro atoms. The largest absolute Gasteiger partial charge is 2.00 e. The first-order valence-electron chi connectivity index (χ1n) is 33.5. The average molecular weight is 1500 g/mol. The Hall–Kier alpha value is -6.19. The summed E-state index contributed by atoms with van der Waals surface area (Å²) < 4.78 is 0. The van der Waals surface area contributed by atoms with E-state index in [1.807, 2.05) is 75.8 Å². The molecule has 6 aromatic carbocycles. The Morgan fingerprint density at radius 2 is 0.683 bits per heavy atom. The Morgan fingerprint density at radius 1 is 0.406 bits per heavy atom. The van der Waals surface area contributed by atoms with Gasteiger partial charge in [-0.15, -0.1) is 59.5 Å². The number of nitrogens with two attached hydrogens (primary N) is 1. The molecular weight excluding hydrogens is 1400 g/mol. The summed E-state index contributed by atoms with van der Waals surface area (Å²) in [5, 5.41) is 39.7. The van der Waals surface area contributed by atoms with Gasteiger partial charge in [0.2, 0.25) is 0 Å². The minimum absolute atomic E-state index is 0. The van der Waals surface area contributed by atoms with Crippen LogP contribution in [0.25, 0.3) is 63.6 Å². The maximum Gasteiger partial charge on any atom is 2.00 e. The predicted molar refractivity (Wildman–Crippen MR) is 436 cm³/mol. The Labute approximate surface area is 649 Å². The van der Waals surface area contributed by atoms with E-state index in [-0.39, 0.29) is 53.6 Å². The average Bonchev–Trinajstić information content (AvgIpc) is 1.40. The van der Waals surface area contributed by atoms with Crippen molar-refractivity contribution in [3.8, 4) is 31.3 Å². The van der Waals surface area contributed by atoms with Crippen LogP contribution in [-0.4, -0.2) is 111 Å². The van der Waals surface area contributed by atoms with Crippen LogP contribution >= 0.6 is 68.8 Å². The van der Waals surface area contributed by atoms with E-state index in [9.17, 15) is 0 Å². The number of nitrogens with zero attached hydrogens (tertiary/aromatic N) is 9. The number of fused-ring (bicyclic) bond motifs is 3. The number of nitrogens with one attached hydrogen (secondary N) is 2. The third-order valence-corrected chi connectivity index (χ3v) is 21.6. The molecule has 0 aliphatic rings. The smallest absolute Gasteiger partial charge is 1.00 e. The molecule has 0 radical (unpaired) electrons. The molecule has 0 amide bonds. The summed E-state index contributed by atoms with van der Waals surface area (Å²) in [6, 6.07) is 52.1. The molecule has 12 nitrogen and oxygen atoms in total. The van der Waals surface area contributed by atoms with Gasteiger partial charge in [-0.3, -0.25) is 0 Å². The molecule has 12 aromatic rings. The van der Waals surface area contributed by atoms with Gasteiger partial charge in [0, 0.05) is 87.3 Å². The molecule has 12 rings (SSSR count). The number of hydrogen-bond acceptors (Lipinski definition) is 15. The first-order chi connectivity index (χ1) is 47.2. The number of thiophene rings is 3. The van der Waals surface area contributed by atoms with E-state index in [1.165, 1.54) is 101 Å². The quantitative estimate of drug-likeness (QED) is 0.0591. The van der Waals surface area contributed by atoms with Crippen molar-refractivity contribution in [2.75, 3.05) is 52.9 Å². The number of aromatic nitrogens is 6. The fraction of sp³-hybridized carbons (Fsp3) is 0.321. The van der Waals surface area contributed by atoms with Crippen LogP contribution in [0.1, 0.15) is 143 Å². The molecule has 0 saturated carbocycles. The molecule has 0 aliphatic heterocycles. The number of rotatable bonds is 17. The Bertz CT molecular complexity index is 4630. The second kappa shape index (κ2) is 39.1. The van der Waals surface area contributed by atoms with Crippen molar-refractivity contribution in [2.45, 2.75) is 134 Å². The van der Waals surface area contributed by atoms with Gasteiger partial charge in [0.05, 0.1) is 17.8 Å². The van der Waals surface area contributed by atoms with Gasteiger partial charge >= 0.3 is 23.1 Å². The van der Waals surface area contributed by atoms with Gasteiger partial charge in [0.15, 0.2) is 27.1 Å². The number of halogens is 4. The van der Waals surface area contributed by atoms with Crippen molar-refractivity contribution in [3.63, 3.8) is 0 Å². The minimum Gasteiger partial charge on any atom is -1.00 e. The van der Waals surface area contributed by atoms with Crippen LogP contribution in [0.5, 0.6) is 0 Å². The summed E-state index contributed by atoms with van der Waals surface area (Å²) in [7, 11) is 12.6. The van der Waals surface area contributed by atoms with Crippen LogP contribution in [0.3, 0.4) is 0 Å². The molecule has 6 heterocycles. The van der Waals surface area contributed by atoms with Crippen molar-refractivity contribution in [1.29, 1.82) is 0 Å². The van der Waals surface area contributed by atoms with Gasteiger partial charge in [-0.05, 0) is 250 Å². The normalized spacial score (nSPS) is 12.0. The van der Waals surface area contributed by atoms with Crippen LogP contribution in [0, 0.1) is 48.0 Å². The monoisotopic (exact) mass is 1500 g/mol. The van der Waals surface area contributed by atoms with Gasteiger partial charge < -0.3 is 49.9 Å². The summed E-state index contributed by atoms with van der Waals surface area (Å²) in [4.78, 5) is 14.3. The first-order valence-corrected chi connectivity index (χ1v) is 37.0. The van der Waals surface area contributed by atoms with E-state index in [2.05, 4.69) is 287 Å². The second-order valence-electron chi connectivity index (χ2n) is 26.5. The van der Waals surface area contributed by atoms with Gasteiger partial charge in [-0.2, -0.15) is 18.9 Å². The third-order valence-electron chi connectivity index (χ3n) is 16.8. The van der Waals surface area contributed by atoms with Gasteiger partial charge in [0.1, 0.15) is 0 Å². The van der Waals surface area contributed by atoms with Crippen LogP contribution in [0.4, 0.5) is 11.6 Å². The Kier molecular flexibility index (Phi) is 32.4. The first kappa shape index (κ1) is 83.8. The molecule has 528 valence electrons. The summed E-state index contributed by atoms with van der Waals surface area (Å²) in [5.41, 5.74) is 22.3. The van der Waals surface area contributed by atoms with E-state index in [4.69, 9.17) is 40.5 Å². The van der Waals surface area contributed by atoms with E-state index >= 15 is 0 Å². The molecule has 0 aliphatic carbocycles. The van der Waals surface area contributed by atoms with Crippen LogP contribution in [-0.2, 0) is 19.6 Å². The summed E-state index contributed by atoms with van der Waals surface area (Å²) in [5.74, 6) is 1.95. The molecule has 4 N–H and O–H groups in total. The number of hydrogen-bond donors (Lipinski definition) is 3. The standard InChI is InChI=1S/C28H34N4S.C25H27ClN4S.C15H20N2S.C10H8Cl2N2.C3H7.ClH.Mg/c1-17(2)27-23-14-18(3)19(4)15-24(23)28(31-30-27)29-20(5)25-12-13-26(33-25)22-11-9-8-10-21(22)16-32(6)7;1-15-12-20-21(13-16(15)2)25(29-28-24(20)26)27-17(3)22-10-11-23(31-22)19-9-7-6-8-18(19)14-30(4)5;1-11(16)14-8-9-15(18-14)13-7-5-4-6-12(13)10-17(2)3;1-5-3-7-8(4-6(5)2)10(12)14-13-9(7)11;1-3-2;;/h8-15,17,20H,16H2,1-7H3,(H,29,31);6-13,17H,14H2,1-5H3,(H,27,29);4-9,11H,10,16H2,1-3H3;3-4H,1-2H3;3H,1-2H3;1H;/q;;;;-1;;+2/p-1/t20-;17-;11-;;;;/m111..../s1. The van der Waals surface area contributed by atoms with Crippen LogP contribution in [0.15, 0.2) is 146 Å². The van der Waals surface area contributed by atoms with Crippen molar-refractivity contribution in [1.82, 2.24) is 45.3 Å². The maximum atomic E-state index is 6.33. The topological polar surface area (TPSA) is 137 Å². The van der Waals surface area contributed by atoms with E-state index in [0.29, 0.717) is 21.4 Å². The number of aryl methyl sites for hydroxylation is 6. The van der Waals surface area contributed by atoms with Crippen molar-refractivity contribution < 1.29 is 12.4 Å². The van der Waals surface area contributed by atoms with Crippen LogP contribution < -0.4 is 28.8 Å². The molecule has 6 aromatic heterocycles. The predicted octanol–water partition coefficient (Wildman–Crippen LogP) is 19.1. The minimum atomic E-state index is 0. The van der Waals surface area contributed by atoms with E-state index in [1.54, 1.807) is 11.3 Å². The van der Waals surface area contributed by atoms with Gasteiger partial charge in [0.25, 0.3) is 0 Å². The van der Waals surface area contributed by atoms with Crippen molar-refractivity contribution >= 4 is 136 Å². The molecule has 0 bridgehead atoms. The number of benzene rings is 6. The van der Waals surface area contributed by atoms with Crippen molar-refractivity contribution in [3.05, 3.63) is 238 Å². The molecule has 20 heteroatoms. The summed E-state index contributed by atoms with van der Waals surface area (Å²) >= 11 is 23.6. The fourth-order valence-electron chi connectivity index (χ4n) is 11.3. The molecule has 3 atom stereocenters. The van der Waals surface area contributed by atoms with Gasteiger partial charge in [-0.1, -0.05) is 121 Å². The summed E-state index contributed by atoms with van der Waals surface area (Å²) in [6.45, 7) is 30.1. The molecule has 0 unspecified atom stereocenters. The molecule has 0 saturated heterocycles. The zero-order valence-electron chi connectivity index (χ0n) is 61.9. The fourth-order valence-corrected chi connectivity index (χ4v) is 15.0.